The van der Waals surface area contributed by atoms with Gasteiger partial charge in [0.25, 0.3) is 0 Å². The van der Waals surface area contributed by atoms with Crippen molar-refractivity contribution >= 4 is 21.7 Å². The number of anilines is 1. The quantitative estimate of drug-likeness (QED) is 0.843. The summed E-state index contributed by atoms with van der Waals surface area (Å²) in [6.45, 7) is 6.00. The molecule has 0 saturated carbocycles. The van der Waals surface area contributed by atoms with E-state index in [0.29, 0.717) is 11.7 Å². The molecule has 0 amide bonds. The maximum atomic E-state index is 9.64. The molecule has 1 aliphatic heterocycles. The number of aliphatic hydroxyl groups is 1. The number of nitrogens with two attached hydrogens (primary N) is 1. The van der Waals surface area contributed by atoms with Crippen LogP contribution in [0.3, 0.4) is 0 Å². The summed E-state index contributed by atoms with van der Waals surface area (Å²) in [5, 5.41) is 9.64. The zero-order valence-electron chi connectivity index (χ0n) is 12.8. The second-order valence-corrected chi connectivity index (χ2v) is 7.15. The molecule has 5 nitrogen and oxygen atoms in total. The highest BCUT2D eigenvalue weighted by Gasteiger charge is 2.35. The summed E-state index contributed by atoms with van der Waals surface area (Å²) >= 11 is 3.43. The summed E-state index contributed by atoms with van der Waals surface area (Å²) in [5.41, 5.74) is 6.68. The molecule has 0 unspecified atom stereocenters. The maximum absolute atomic E-state index is 9.64. The van der Waals surface area contributed by atoms with Crippen molar-refractivity contribution in [1.82, 2.24) is 9.88 Å². The van der Waals surface area contributed by atoms with Gasteiger partial charge in [-0.15, -0.1) is 0 Å². The molecule has 0 aromatic carbocycles. The zero-order valence-corrected chi connectivity index (χ0v) is 14.4. The molecule has 1 fully saturated rings. The number of hydrogen-bond acceptors (Lipinski definition) is 5. The smallest absolute Gasteiger partial charge is 0.137 e. The Labute approximate surface area is 134 Å². The van der Waals surface area contributed by atoms with Gasteiger partial charge in [0.2, 0.25) is 0 Å². The van der Waals surface area contributed by atoms with E-state index < -0.39 is 0 Å². The van der Waals surface area contributed by atoms with E-state index in [1.54, 1.807) is 7.11 Å². The average Bonchev–Trinajstić information content (AvgIpc) is 2.84. The average molecular weight is 358 g/mol. The monoisotopic (exact) mass is 357 g/mol. The summed E-state index contributed by atoms with van der Waals surface area (Å²) in [5.74, 6) is 0.868. The molecule has 3 N–H and O–H groups in total. The third-order valence-corrected chi connectivity index (χ3v) is 4.87. The Morgan fingerprint density at radius 3 is 2.86 bits per heavy atom. The molecule has 0 spiro atoms. The fourth-order valence-electron chi connectivity index (χ4n) is 2.85. The van der Waals surface area contributed by atoms with Crippen LogP contribution in [0.4, 0.5) is 5.82 Å². The molecular formula is C15H24BrN3O2. The van der Waals surface area contributed by atoms with Crippen molar-refractivity contribution in [3.8, 4) is 0 Å². The summed E-state index contributed by atoms with van der Waals surface area (Å²) in [6, 6.07) is 2.20. The molecule has 1 saturated heterocycles. The van der Waals surface area contributed by atoms with E-state index in [-0.39, 0.29) is 18.2 Å². The highest BCUT2D eigenvalue weighted by Crippen LogP contribution is 2.34. The molecule has 118 valence electrons. The van der Waals surface area contributed by atoms with Crippen molar-refractivity contribution < 1.29 is 9.84 Å². The van der Waals surface area contributed by atoms with Gasteiger partial charge in [-0.25, -0.2) is 4.98 Å². The standard InChI is InChI=1S/C15H24BrN3O2/c1-15(2,21-3)9-19-7-11(4-12(19)8-20)10-5-13(16)14(17)18-6-10/h5-6,11-12,20H,4,7-9H2,1-3H3,(H2,17,18)/t11-,12-/m0/s1. The molecular weight excluding hydrogens is 334 g/mol. The van der Waals surface area contributed by atoms with Gasteiger partial charge in [0.1, 0.15) is 5.82 Å². The normalized spacial score (nSPS) is 23.7. The number of halogens is 1. The van der Waals surface area contributed by atoms with Gasteiger partial charge in [-0.1, -0.05) is 0 Å². The van der Waals surface area contributed by atoms with Gasteiger partial charge in [-0.3, -0.25) is 4.90 Å². The third kappa shape index (κ3) is 3.94. The van der Waals surface area contributed by atoms with Crippen LogP contribution in [0.15, 0.2) is 16.7 Å². The molecule has 21 heavy (non-hydrogen) atoms. The second-order valence-electron chi connectivity index (χ2n) is 6.30. The van der Waals surface area contributed by atoms with E-state index >= 15 is 0 Å². The lowest BCUT2D eigenvalue weighted by atomic mass is 9.98. The van der Waals surface area contributed by atoms with Gasteiger partial charge >= 0.3 is 0 Å². The third-order valence-electron chi connectivity index (χ3n) is 4.24. The Hall–Kier alpha value is -0.690. The van der Waals surface area contributed by atoms with Gasteiger partial charge in [0.05, 0.1) is 16.7 Å². The number of likely N-dealkylation sites (tertiary alicyclic amines) is 1. The van der Waals surface area contributed by atoms with Gasteiger partial charge in [0, 0.05) is 32.4 Å². The summed E-state index contributed by atoms with van der Waals surface area (Å²) in [6.07, 6.45) is 2.76. The van der Waals surface area contributed by atoms with Crippen LogP contribution in [0, 0.1) is 0 Å². The molecule has 2 heterocycles. The Balaban J connectivity index is 2.12. The molecule has 1 aliphatic rings. The summed E-state index contributed by atoms with van der Waals surface area (Å²) in [4.78, 5) is 6.52. The molecule has 1 aromatic rings. The number of aliphatic hydroxyl groups excluding tert-OH is 1. The number of nitrogens with zero attached hydrogens (tertiary/aromatic N) is 2. The minimum Gasteiger partial charge on any atom is -0.395 e. The Kier molecular flexibility index (Phi) is 5.24. The molecule has 0 aliphatic carbocycles. The number of pyridine rings is 1. The first-order valence-corrected chi connectivity index (χ1v) is 7.96. The van der Waals surface area contributed by atoms with Gasteiger partial charge in [-0.2, -0.15) is 0 Å². The number of methoxy groups -OCH3 is 1. The van der Waals surface area contributed by atoms with Crippen LogP contribution < -0.4 is 5.73 Å². The summed E-state index contributed by atoms with van der Waals surface area (Å²) in [7, 11) is 1.72. The van der Waals surface area contributed by atoms with E-state index in [0.717, 1.165) is 29.5 Å². The Bertz CT molecular complexity index is 496. The van der Waals surface area contributed by atoms with Crippen molar-refractivity contribution in [2.24, 2.45) is 0 Å². The van der Waals surface area contributed by atoms with Gasteiger partial charge in [-0.05, 0) is 53.7 Å². The van der Waals surface area contributed by atoms with E-state index in [4.69, 9.17) is 10.5 Å². The first kappa shape index (κ1) is 16.7. The van der Waals surface area contributed by atoms with Crippen molar-refractivity contribution in [3.63, 3.8) is 0 Å². The van der Waals surface area contributed by atoms with Crippen LogP contribution in [-0.2, 0) is 4.74 Å². The van der Waals surface area contributed by atoms with Crippen LogP contribution in [0.2, 0.25) is 0 Å². The lowest BCUT2D eigenvalue weighted by molar-refractivity contribution is -0.0152. The number of rotatable bonds is 5. The second kappa shape index (κ2) is 6.60. The fourth-order valence-corrected chi connectivity index (χ4v) is 3.22. The predicted molar refractivity (Wildman–Crippen MR) is 87.2 cm³/mol. The lowest BCUT2D eigenvalue weighted by Gasteiger charge is -2.32. The topological polar surface area (TPSA) is 71.6 Å². The molecule has 0 radical (unpaired) electrons. The van der Waals surface area contributed by atoms with E-state index in [1.807, 2.05) is 12.3 Å². The van der Waals surface area contributed by atoms with Crippen molar-refractivity contribution in [1.29, 1.82) is 0 Å². The fraction of sp³-hybridized carbons (Fsp3) is 0.667. The molecule has 2 rings (SSSR count). The Morgan fingerprint density at radius 1 is 1.57 bits per heavy atom. The Morgan fingerprint density at radius 2 is 2.29 bits per heavy atom. The van der Waals surface area contributed by atoms with Crippen LogP contribution in [0.5, 0.6) is 0 Å². The van der Waals surface area contributed by atoms with Crippen molar-refractivity contribution in [2.45, 2.75) is 37.8 Å². The maximum Gasteiger partial charge on any atom is 0.137 e. The van der Waals surface area contributed by atoms with Gasteiger partial charge < -0.3 is 15.6 Å². The van der Waals surface area contributed by atoms with Crippen molar-refractivity contribution in [3.05, 3.63) is 22.3 Å². The van der Waals surface area contributed by atoms with Crippen LogP contribution >= 0.6 is 15.9 Å². The van der Waals surface area contributed by atoms with Crippen molar-refractivity contribution in [2.75, 3.05) is 32.5 Å². The zero-order chi connectivity index (χ0) is 15.6. The minimum atomic E-state index is -0.220. The SMILES string of the molecule is COC(C)(C)CN1C[C@@H](c2cnc(N)c(Br)c2)C[C@H]1CO. The first-order valence-electron chi connectivity index (χ1n) is 7.17. The predicted octanol–water partition coefficient (Wildman–Crippen LogP) is 2.00. The molecule has 6 heteroatoms. The molecule has 1 aromatic heterocycles. The van der Waals surface area contributed by atoms with Gasteiger partial charge in [0.15, 0.2) is 0 Å². The van der Waals surface area contributed by atoms with Crippen LogP contribution in [0.1, 0.15) is 31.7 Å². The number of ether oxygens (including phenoxy) is 1. The lowest BCUT2D eigenvalue weighted by Crippen LogP contribution is -2.43. The van der Waals surface area contributed by atoms with E-state index in [1.165, 1.54) is 0 Å². The molecule has 2 atom stereocenters. The first-order chi connectivity index (χ1) is 9.86. The minimum absolute atomic E-state index is 0.167. The molecule has 0 bridgehead atoms. The summed E-state index contributed by atoms with van der Waals surface area (Å²) < 4.78 is 6.34. The number of aromatic nitrogens is 1. The van der Waals surface area contributed by atoms with Crippen LogP contribution in [-0.4, -0.2) is 53.4 Å². The highest BCUT2D eigenvalue weighted by molar-refractivity contribution is 9.10. The largest absolute Gasteiger partial charge is 0.395 e. The number of nitrogen functional groups attached to an aromatic ring is 1. The van der Waals surface area contributed by atoms with E-state index in [9.17, 15) is 5.11 Å². The number of hydrogen-bond donors (Lipinski definition) is 2. The van der Waals surface area contributed by atoms with E-state index in [2.05, 4.69) is 39.7 Å². The van der Waals surface area contributed by atoms with Crippen LogP contribution in [0.25, 0.3) is 0 Å². The highest BCUT2D eigenvalue weighted by atomic mass is 79.9.